The topological polar surface area (TPSA) is 58.2 Å². The maximum absolute atomic E-state index is 11.8. The molecule has 0 saturated heterocycles. The first kappa shape index (κ1) is 17.7. The first-order valence-electron chi connectivity index (χ1n) is 8.31. The number of amides is 2. The van der Waals surface area contributed by atoms with Crippen molar-refractivity contribution in [3.63, 3.8) is 0 Å². The summed E-state index contributed by atoms with van der Waals surface area (Å²) in [5, 5.41) is 5.35. The first-order valence-corrected chi connectivity index (χ1v) is 8.31. The lowest BCUT2D eigenvalue weighted by atomic mass is 10.0. The number of hydrogen-bond donors (Lipinski definition) is 2. The van der Waals surface area contributed by atoms with E-state index in [4.69, 9.17) is 0 Å². The molecule has 2 aromatic carbocycles. The van der Waals surface area contributed by atoms with Crippen LogP contribution in [0.2, 0.25) is 0 Å². The van der Waals surface area contributed by atoms with Crippen molar-refractivity contribution in [2.45, 2.75) is 25.7 Å². The van der Waals surface area contributed by atoms with Gasteiger partial charge >= 0.3 is 11.8 Å². The number of nitrogens with one attached hydrogen (secondary N) is 2. The molecule has 0 radical (unpaired) electrons. The van der Waals surface area contributed by atoms with Gasteiger partial charge in [-0.25, -0.2) is 0 Å². The summed E-state index contributed by atoms with van der Waals surface area (Å²) < 4.78 is 0. The quantitative estimate of drug-likeness (QED) is 0.608. The monoisotopic (exact) mass is 324 g/mol. The average molecular weight is 324 g/mol. The van der Waals surface area contributed by atoms with Crippen molar-refractivity contribution in [3.8, 4) is 0 Å². The summed E-state index contributed by atoms with van der Waals surface area (Å²) in [6.07, 6.45) is 1.69. The van der Waals surface area contributed by atoms with Crippen LogP contribution in [0, 0.1) is 0 Å². The van der Waals surface area contributed by atoms with Crippen LogP contribution in [0.4, 0.5) is 0 Å². The molecule has 2 N–H and O–H groups in total. The van der Waals surface area contributed by atoms with Gasteiger partial charge in [0.05, 0.1) is 0 Å². The molecule has 126 valence electrons. The summed E-state index contributed by atoms with van der Waals surface area (Å²) >= 11 is 0. The van der Waals surface area contributed by atoms with E-state index in [0.717, 1.165) is 18.4 Å². The second-order valence-electron chi connectivity index (χ2n) is 5.87. The standard InChI is InChI=1S/C20H24N2O2/c1-16(18-12-6-3-7-13-18)15-22-20(24)19(23)21-14-8-11-17-9-4-2-5-10-17/h2-7,9-10,12-13,16H,8,11,14-15H2,1H3,(H,21,23)(H,22,24)/t16-/m1/s1. The van der Waals surface area contributed by atoms with Crippen LogP contribution in [0.5, 0.6) is 0 Å². The van der Waals surface area contributed by atoms with Crippen LogP contribution in [-0.4, -0.2) is 24.9 Å². The van der Waals surface area contributed by atoms with Crippen LogP contribution >= 0.6 is 0 Å². The molecule has 0 unspecified atom stereocenters. The third-order valence-electron chi connectivity index (χ3n) is 3.91. The molecule has 0 saturated carbocycles. The van der Waals surface area contributed by atoms with Gasteiger partial charge in [-0.1, -0.05) is 67.6 Å². The average Bonchev–Trinajstić information content (AvgIpc) is 2.64. The lowest BCUT2D eigenvalue weighted by Gasteiger charge is -2.13. The number of rotatable bonds is 7. The van der Waals surface area contributed by atoms with Gasteiger partial charge in [-0.15, -0.1) is 0 Å². The Morgan fingerprint density at radius 2 is 1.46 bits per heavy atom. The molecule has 0 spiro atoms. The van der Waals surface area contributed by atoms with Crippen molar-refractivity contribution < 1.29 is 9.59 Å². The molecule has 4 heteroatoms. The zero-order chi connectivity index (χ0) is 17.2. The fraction of sp³-hybridized carbons (Fsp3) is 0.300. The second kappa shape index (κ2) is 9.50. The molecular formula is C20H24N2O2. The SMILES string of the molecule is C[C@H](CNC(=O)C(=O)NCCCc1ccccc1)c1ccccc1. The Kier molecular flexibility index (Phi) is 7.02. The summed E-state index contributed by atoms with van der Waals surface area (Å²) in [6, 6.07) is 20.0. The lowest BCUT2D eigenvalue weighted by molar-refractivity contribution is -0.139. The van der Waals surface area contributed by atoms with E-state index in [1.54, 1.807) is 0 Å². The van der Waals surface area contributed by atoms with Crippen LogP contribution in [-0.2, 0) is 16.0 Å². The molecule has 0 heterocycles. The molecule has 2 aromatic rings. The largest absolute Gasteiger partial charge is 0.348 e. The van der Waals surface area contributed by atoms with Crippen LogP contribution in [0.15, 0.2) is 60.7 Å². The third-order valence-corrected chi connectivity index (χ3v) is 3.91. The van der Waals surface area contributed by atoms with Gasteiger partial charge in [0.2, 0.25) is 0 Å². The third kappa shape index (κ3) is 5.88. The van der Waals surface area contributed by atoms with Gasteiger partial charge in [-0.3, -0.25) is 9.59 Å². The van der Waals surface area contributed by atoms with Gasteiger partial charge in [0.15, 0.2) is 0 Å². The molecule has 24 heavy (non-hydrogen) atoms. The molecule has 0 aliphatic heterocycles. The van der Waals surface area contributed by atoms with E-state index < -0.39 is 11.8 Å². The summed E-state index contributed by atoms with van der Waals surface area (Å²) in [5.41, 5.74) is 2.37. The number of carbonyl (C=O) groups is 2. The Hall–Kier alpha value is -2.62. The van der Waals surface area contributed by atoms with Crippen molar-refractivity contribution >= 4 is 11.8 Å². The Morgan fingerprint density at radius 3 is 2.12 bits per heavy atom. The number of hydrogen-bond acceptors (Lipinski definition) is 2. The van der Waals surface area contributed by atoms with Crippen molar-refractivity contribution in [1.29, 1.82) is 0 Å². The van der Waals surface area contributed by atoms with Crippen LogP contribution < -0.4 is 10.6 Å². The normalized spacial score (nSPS) is 11.5. The highest BCUT2D eigenvalue weighted by Crippen LogP contribution is 2.12. The lowest BCUT2D eigenvalue weighted by Crippen LogP contribution is -2.41. The van der Waals surface area contributed by atoms with E-state index in [0.29, 0.717) is 13.1 Å². The summed E-state index contributed by atoms with van der Waals surface area (Å²) in [6.45, 7) is 2.96. The van der Waals surface area contributed by atoms with Gasteiger partial charge in [0.1, 0.15) is 0 Å². The highest BCUT2D eigenvalue weighted by molar-refractivity contribution is 6.35. The zero-order valence-electron chi connectivity index (χ0n) is 14.0. The molecule has 0 fully saturated rings. The molecule has 0 aromatic heterocycles. The predicted octanol–water partition coefficient (Wildman–Crippen LogP) is 2.66. The predicted molar refractivity (Wildman–Crippen MR) is 95.6 cm³/mol. The Labute approximate surface area is 143 Å². The summed E-state index contributed by atoms with van der Waals surface area (Å²) in [4.78, 5) is 23.6. The van der Waals surface area contributed by atoms with Gasteiger partial charge in [0, 0.05) is 13.1 Å². The first-order chi connectivity index (χ1) is 11.7. The van der Waals surface area contributed by atoms with Crippen LogP contribution in [0.25, 0.3) is 0 Å². The van der Waals surface area contributed by atoms with E-state index in [-0.39, 0.29) is 5.92 Å². The zero-order valence-corrected chi connectivity index (χ0v) is 14.0. The second-order valence-corrected chi connectivity index (χ2v) is 5.87. The minimum atomic E-state index is -0.572. The molecule has 0 aliphatic carbocycles. The molecule has 2 rings (SSSR count). The maximum atomic E-state index is 11.8. The summed E-state index contributed by atoms with van der Waals surface area (Å²) in [5.74, 6) is -0.971. The molecule has 0 aliphatic rings. The van der Waals surface area contributed by atoms with Gasteiger partial charge in [0.25, 0.3) is 0 Å². The molecular weight excluding hydrogens is 300 g/mol. The fourth-order valence-electron chi connectivity index (χ4n) is 2.44. The van der Waals surface area contributed by atoms with E-state index in [1.165, 1.54) is 5.56 Å². The van der Waals surface area contributed by atoms with Crippen LogP contribution in [0.3, 0.4) is 0 Å². The van der Waals surface area contributed by atoms with Gasteiger partial charge in [-0.05, 0) is 29.9 Å². The number of benzene rings is 2. The molecule has 0 bridgehead atoms. The van der Waals surface area contributed by atoms with E-state index in [1.807, 2.05) is 55.5 Å². The number of carbonyl (C=O) groups excluding carboxylic acids is 2. The highest BCUT2D eigenvalue weighted by Gasteiger charge is 2.14. The summed E-state index contributed by atoms with van der Waals surface area (Å²) in [7, 11) is 0. The maximum Gasteiger partial charge on any atom is 0.309 e. The highest BCUT2D eigenvalue weighted by atomic mass is 16.2. The van der Waals surface area contributed by atoms with Crippen molar-refractivity contribution in [1.82, 2.24) is 10.6 Å². The van der Waals surface area contributed by atoms with Gasteiger partial charge in [-0.2, -0.15) is 0 Å². The van der Waals surface area contributed by atoms with Gasteiger partial charge < -0.3 is 10.6 Å². The number of aryl methyl sites for hydroxylation is 1. The van der Waals surface area contributed by atoms with Crippen LogP contribution in [0.1, 0.15) is 30.4 Å². The fourth-order valence-corrected chi connectivity index (χ4v) is 2.44. The molecule has 1 atom stereocenters. The van der Waals surface area contributed by atoms with Crippen molar-refractivity contribution in [3.05, 3.63) is 71.8 Å². The Bertz CT molecular complexity index is 641. The Balaban J connectivity index is 1.64. The smallest absolute Gasteiger partial charge is 0.309 e. The minimum Gasteiger partial charge on any atom is -0.348 e. The Morgan fingerprint density at radius 1 is 0.875 bits per heavy atom. The van der Waals surface area contributed by atoms with E-state index in [2.05, 4.69) is 22.8 Å². The van der Waals surface area contributed by atoms with E-state index in [9.17, 15) is 9.59 Å². The molecule has 4 nitrogen and oxygen atoms in total. The minimum absolute atomic E-state index is 0.168. The van der Waals surface area contributed by atoms with E-state index >= 15 is 0 Å². The molecule has 2 amide bonds. The van der Waals surface area contributed by atoms with Crippen molar-refractivity contribution in [2.75, 3.05) is 13.1 Å². The van der Waals surface area contributed by atoms with Crippen molar-refractivity contribution in [2.24, 2.45) is 0 Å².